The normalized spacial score (nSPS) is 12.5. The van der Waals surface area contributed by atoms with Gasteiger partial charge in [0.2, 0.25) is 0 Å². The molecule has 0 N–H and O–H groups in total. The predicted molar refractivity (Wildman–Crippen MR) is 293 cm³/mol. The number of hydrogen-bond acceptors (Lipinski definition) is 6. The molecule has 394 valence electrons. The van der Waals surface area contributed by atoms with Crippen molar-refractivity contribution < 1.29 is 28.6 Å². The molecule has 0 aliphatic rings. The second-order valence-corrected chi connectivity index (χ2v) is 19.6. The molecule has 0 aromatic carbocycles. The van der Waals surface area contributed by atoms with Crippen molar-refractivity contribution in [1.29, 1.82) is 0 Å². The van der Waals surface area contributed by atoms with Gasteiger partial charge < -0.3 is 14.2 Å². The Labute approximate surface area is 421 Å². The number of rotatable bonds is 53. The van der Waals surface area contributed by atoms with Crippen LogP contribution >= 0.6 is 0 Å². The Hall–Kier alpha value is -2.89. The average Bonchev–Trinajstić information content (AvgIpc) is 3.34. The fourth-order valence-corrected chi connectivity index (χ4v) is 8.38. The van der Waals surface area contributed by atoms with Gasteiger partial charge in [0.05, 0.1) is 0 Å². The number of esters is 3. The lowest BCUT2D eigenvalue weighted by molar-refractivity contribution is -0.167. The van der Waals surface area contributed by atoms with E-state index in [0.717, 1.165) is 77.0 Å². The Kier molecular flexibility index (Phi) is 54.3. The number of allylic oxidation sites excluding steroid dienone is 10. The lowest BCUT2D eigenvalue weighted by Gasteiger charge is -2.18. The van der Waals surface area contributed by atoms with Crippen LogP contribution in [0.25, 0.3) is 0 Å². The quantitative estimate of drug-likeness (QED) is 0.0262. The van der Waals surface area contributed by atoms with Crippen LogP contribution in [-0.2, 0) is 28.6 Å². The van der Waals surface area contributed by atoms with E-state index in [1.807, 2.05) is 0 Å². The van der Waals surface area contributed by atoms with Crippen molar-refractivity contribution in [3.05, 3.63) is 60.8 Å². The molecular weight excluding hydrogens is 841 g/mol. The molecule has 68 heavy (non-hydrogen) atoms. The van der Waals surface area contributed by atoms with Crippen LogP contribution in [0.5, 0.6) is 0 Å². The molecule has 0 bridgehead atoms. The van der Waals surface area contributed by atoms with Crippen molar-refractivity contribution in [2.24, 2.45) is 0 Å². The maximum Gasteiger partial charge on any atom is 0.306 e. The number of ether oxygens (including phenoxy) is 3. The van der Waals surface area contributed by atoms with Crippen LogP contribution in [0.3, 0.4) is 0 Å². The molecular formula is C62H110O6. The van der Waals surface area contributed by atoms with Gasteiger partial charge in [-0.15, -0.1) is 0 Å². The first kappa shape index (κ1) is 65.1. The standard InChI is InChI=1S/C62H110O6/c1-4-7-10-13-16-19-22-25-27-29-31-33-34-37-40-43-46-49-52-55-61(64)67-58-59(57-66-60(63)54-51-48-45-42-39-36-24-21-18-15-12-9-6-3)68-62(65)56-53-50-47-44-41-38-35-32-30-28-26-23-20-17-14-11-8-5-2/h16,19,22-23,25-26,28,30,32,35,59H,4-15,17-18,20-21,24,27,29,31,33-34,36-58H2,1-3H3/b19-16-,25-22-,26-23-,30-28-,35-32-. The van der Waals surface area contributed by atoms with E-state index in [1.165, 1.54) is 180 Å². The van der Waals surface area contributed by atoms with Crippen molar-refractivity contribution in [3.63, 3.8) is 0 Å². The molecule has 0 aliphatic heterocycles. The molecule has 0 saturated carbocycles. The smallest absolute Gasteiger partial charge is 0.306 e. The zero-order chi connectivity index (χ0) is 49.3. The first-order valence-electron chi connectivity index (χ1n) is 29.3. The summed E-state index contributed by atoms with van der Waals surface area (Å²) < 4.78 is 16.9. The summed E-state index contributed by atoms with van der Waals surface area (Å²) in [6.07, 6.45) is 70.6. The van der Waals surface area contributed by atoms with Crippen LogP contribution < -0.4 is 0 Å². The van der Waals surface area contributed by atoms with E-state index in [0.29, 0.717) is 19.3 Å². The van der Waals surface area contributed by atoms with Crippen LogP contribution in [0.15, 0.2) is 60.8 Å². The molecule has 0 amide bonds. The third kappa shape index (κ3) is 54.1. The first-order valence-corrected chi connectivity index (χ1v) is 29.3. The molecule has 0 heterocycles. The van der Waals surface area contributed by atoms with Crippen LogP contribution in [-0.4, -0.2) is 37.2 Å². The van der Waals surface area contributed by atoms with Crippen molar-refractivity contribution in [3.8, 4) is 0 Å². The maximum atomic E-state index is 12.9. The van der Waals surface area contributed by atoms with Gasteiger partial charge >= 0.3 is 17.9 Å². The predicted octanol–water partition coefficient (Wildman–Crippen LogP) is 19.6. The van der Waals surface area contributed by atoms with E-state index in [1.54, 1.807) is 0 Å². The van der Waals surface area contributed by atoms with Crippen LogP contribution in [0.1, 0.15) is 297 Å². The average molecular weight is 952 g/mol. The second-order valence-electron chi connectivity index (χ2n) is 19.6. The fourth-order valence-electron chi connectivity index (χ4n) is 8.38. The molecule has 0 rings (SSSR count). The monoisotopic (exact) mass is 951 g/mol. The van der Waals surface area contributed by atoms with Gasteiger partial charge in [-0.3, -0.25) is 14.4 Å². The Morgan fingerprint density at radius 2 is 0.529 bits per heavy atom. The van der Waals surface area contributed by atoms with E-state index in [2.05, 4.69) is 81.5 Å². The second kappa shape index (κ2) is 56.7. The summed E-state index contributed by atoms with van der Waals surface area (Å²) in [5, 5.41) is 0. The maximum absolute atomic E-state index is 12.9. The largest absolute Gasteiger partial charge is 0.462 e. The molecule has 0 radical (unpaired) electrons. The summed E-state index contributed by atoms with van der Waals surface area (Å²) in [5.74, 6) is -0.892. The third-order valence-electron chi connectivity index (χ3n) is 12.8. The van der Waals surface area contributed by atoms with Crippen molar-refractivity contribution in [2.45, 2.75) is 303 Å². The van der Waals surface area contributed by atoms with Crippen molar-refractivity contribution in [2.75, 3.05) is 13.2 Å². The van der Waals surface area contributed by atoms with Crippen LogP contribution in [0.2, 0.25) is 0 Å². The van der Waals surface area contributed by atoms with E-state index >= 15 is 0 Å². The van der Waals surface area contributed by atoms with E-state index in [4.69, 9.17) is 14.2 Å². The Morgan fingerprint density at radius 3 is 0.853 bits per heavy atom. The summed E-state index contributed by atoms with van der Waals surface area (Å²) in [4.78, 5) is 38.2. The summed E-state index contributed by atoms with van der Waals surface area (Å²) in [6.45, 7) is 6.60. The highest BCUT2D eigenvalue weighted by Crippen LogP contribution is 2.16. The number of carbonyl (C=O) groups is 3. The summed E-state index contributed by atoms with van der Waals surface area (Å²) in [5.41, 5.74) is 0. The van der Waals surface area contributed by atoms with Gasteiger partial charge in [0.15, 0.2) is 6.10 Å². The number of unbranched alkanes of at least 4 members (excludes halogenated alkanes) is 35. The topological polar surface area (TPSA) is 78.9 Å². The molecule has 0 spiro atoms. The third-order valence-corrected chi connectivity index (χ3v) is 12.8. The minimum absolute atomic E-state index is 0.0810. The first-order chi connectivity index (χ1) is 33.5. The lowest BCUT2D eigenvalue weighted by Crippen LogP contribution is -2.30. The molecule has 0 saturated heterocycles. The molecule has 0 aromatic heterocycles. The van der Waals surface area contributed by atoms with Gasteiger partial charge in [-0.05, 0) is 70.6 Å². The van der Waals surface area contributed by atoms with Gasteiger partial charge in [-0.2, -0.15) is 0 Å². The minimum atomic E-state index is -0.785. The highest BCUT2D eigenvalue weighted by Gasteiger charge is 2.19. The lowest BCUT2D eigenvalue weighted by atomic mass is 10.0. The Bertz CT molecular complexity index is 1230. The molecule has 1 unspecified atom stereocenters. The summed E-state index contributed by atoms with van der Waals surface area (Å²) >= 11 is 0. The molecule has 6 nitrogen and oxygen atoms in total. The van der Waals surface area contributed by atoms with Crippen molar-refractivity contribution >= 4 is 17.9 Å². The van der Waals surface area contributed by atoms with Gasteiger partial charge in [-0.25, -0.2) is 0 Å². The van der Waals surface area contributed by atoms with Gasteiger partial charge in [0.1, 0.15) is 13.2 Å². The van der Waals surface area contributed by atoms with E-state index in [-0.39, 0.29) is 31.1 Å². The van der Waals surface area contributed by atoms with Crippen LogP contribution in [0, 0.1) is 0 Å². The molecule has 0 aliphatic carbocycles. The van der Waals surface area contributed by atoms with E-state index < -0.39 is 6.10 Å². The SMILES string of the molecule is CCCCC/C=C\C=C/CCCCCCCCCCCCC(=O)OCC(COC(=O)CCCCCCCCCCCCCCC)OC(=O)CCCCCCC\C=C/C=C\C=C/CCCCCCC. The molecule has 0 fully saturated rings. The zero-order valence-corrected chi connectivity index (χ0v) is 45.1. The van der Waals surface area contributed by atoms with Crippen LogP contribution in [0.4, 0.5) is 0 Å². The molecule has 1 atom stereocenters. The van der Waals surface area contributed by atoms with Gasteiger partial charge in [0.25, 0.3) is 0 Å². The Balaban J connectivity index is 4.39. The minimum Gasteiger partial charge on any atom is -0.462 e. The highest BCUT2D eigenvalue weighted by atomic mass is 16.6. The molecule has 0 aromatic rings. The van der Waals surface area contributed by atoms with Crippen molar-refractivity contribution in [1.82, 2.24) is 0 Å². The highest BCUT2D eigenvalue weighted by molar-refractivity contribution is 5.71. The number of carbonyl (C=O) groups excluding carboxylic acids is 3. The molecule has 6 heteroatoms. The Morgan fingerprint density at radius 1 is 0.294 bits per heavy atom. The van der Waals surface area contributed by atoms with E-state index in [9.17, 15) is 14.4 Å². The number of hydrogen-bond donors (Lipinski definition) is 0. The van der Waals surface area contributed by atoms with Gasteiger partial charge in [-0.1, -0.05) is 268 Å². The fraction of sp³-hybridized carbons (Fsp3) is 0.790. The zero-order valence-electron chi connectivity index (χ0n) is 45.1. The van der Waals surface area contributed by atoms with Gasteiger partial charge in [0, 0.05) is 19.3 Å². The summed E-state index contributed by atoms with van der Waals surface area (Å²) in [6, 6.07) is 0. The summed E-state index contributed by atoms with van der Waals surface area (Å²) in [7, 11) is 0.